The molecule has 136 valence electrons. The van der Waals surface area contributed by atoms with Gasteiger partial charge in [-0.3, -0.25) is 25.0 Å². The van der Waals surface area contributed by atoms with Gasteiger partial charge in [0.25, 0.3) is 17.3 Å². The van der Waals surface area contributed by atoms with Crippen LogP contribution >= 0.6 is 11.6 Å². The van der Waals surface area contributed by atoms with Crippen molar-refractivity contribution in [1.29, 1.82) is 0 Å². The molecular formula is C16H14ClN3O6. The van der Waals surface area contributed by atoms with Gasteiger partial charge in [-0.05, 0) is 24.1 Å². The van der Waals surface area contributed by atoms with E-state index in [0.717, 1.165) is 17.7 Å². The molecule has 0 heterocycles. The highest BCUT2D eigenvalue weighted by Crippen LogP contribution is 2.32. The van der Waals surface area contributed by atoms with Crippen LogP contribution in [0, 0.1) is 20.2 Å². The van der Waals surface area contributed by atoms with E-state index in [1.807, 2.05) is 12.1 Å². The van der Waals surface area contributed by atoms with Crippen molar-refractivity contribution in [3.05, 3.63) is 72.8 Å². The normalized spacial score (nSPS) is 10.2. The number of hydrogen-bond donors (Lipinski definition) is 1. The molecule has 2 aromatic carbocycles. The Labute approximate surface area is 152 Å². The number of amides is 1. The lowest BCUT2D eigenvalue weighted by Gasteiger charge is -2.08. The first kappa shape index (κ1) is 19.1. The Morgan fingerprint density at radius 1 is 1.15 bits per heavy atom. The second kappa shape index (κ2) is 8.26. The van der Waals surface area contributed by atoms with Gasteiger partial charge in [-0.1, -0.05) is 23.7 Å². The summed E-state index contributed by atoms with van der Waals surface area (Å²) in [6.07, 6.45) is 0.490. The maximum Gasteiger partial charge on any atom is 0.295 e. The fourth-order valence-electron chi connectivity index (χ4n) is 2.21. The smallest absolute Gasteiger partial charge is 0.295 e. The number of nitro groups is 2. The molecule has 0 saturated carbocycles. The molecule has 2 rings (SSSR count). The first-order valence-corrected chi connectivity index (χ1v) is 7.74. The molecule has 0 atom stereocenters. The molecule has 9 nitrogen and oxygen atoms in total. The van der Waals surface area contributed by atoms with E-state index >= 15 is 0 Å². The number of carbonyl (C=O) groups is 1. The Morgan fingerprint density at radius 2 is 1.81 bits per heavy atom. The number of rotatable bonds is 7. The molecule has 0 bridgehead atoms. The van der Waals surface area contributed by atoms with Crippen molar-refractivity contribution in [2.45, 2.75) is 6.42 Å². The van der Waals surface area contributed by atoms with Crippen LogP contribution in [0.5, 0.6) is 5.75 Å². The van der Waals surface area contributed by atoms with E-state index in [2.05, 4.69) is 5.32 Å². The first-order chi connectivity index (χ1) is 12.3. The van der Waals surface area contributed by atoms with Crippen LogP contribution in [0.4, 0.5) is 11.4 Å². The zero-order valence-electron chi connectivity index (χ0n) is 13.6. The van der Waals surface area contributed by atoms with E-state index in [-0.39, 0.29) is 12.1 Å². The predicted octanol–water partition coefficient (Wildman–Crippen LogP) is 3.14. The van der Waals surface area contributed by atoms with Gasteiger partial charge in [0.2, 0.25) is 0 Å². The fraction of sp³-hybridized carbons (Fsp3) is 0.188. The quantitative estimate of drug-likeness (QED) is 0.582. The number of nitrogens with one attached hydrogen (secondary N) is 1. The summed E-state index contributed by atoms with van der Waals surface area (Å²) in [4.78, 5) is 32.4. The van der Waals surface area contributed by atoms with Crippen molar-refractivity contribution in [2.75, 3.05) is 13.7 Å². The van der Waals surface area contributed by atoms with Crippen molar-refractivity contribution < 1.29 is 19.4 Å². The molecule has 0 aliphatic carbocycles. The fourth-order valence-corrected chi connectivity index (χ4v) is 2.47. The molecule has 0 aliphatic heterocycles. The predicted molar refractivity (Wildman–Crippen MR) is 93.8 cm³/mol. The third-order valence-corrected chi connectivity index (χ3v) is 3.95. The average Bonchev–Trinajstić information content (AvgIpc) is 2.61. The highest BCUT2D eigenvalue weighted by molar-refractivity contribution is 6.36. The molecule has 1 N–H and O–H groups in total. The average molecular weight is 380 g/mol. The third kappa shape index (κ3) is 4.45. The number of non-ortho nitro benzene ring substituents is 1. The summed E-state index contributed by atoms with van der Waals surface area (Å²) in [5.74, 6) is -0.0243. The van der Waals surface area contributed by atoms with Crippen LogP contribution in [-0.2, 0) is 6.42 Å². The molecule has 0 aliphatic rings. The highest BCUT2D eigenvalue weighted by Gasteiger charge is 2.26. The lowest BCUT2D eigenvalue weighted by molar-refractivity contribution is -0.394. The van der Waals surface area contributed by atoms with Gasteiger partial charge in [0.15, 0.2) is 0 Å². The zero-order chi connectivity index (χ0) is 19.3. The lowest BCUT2D eigenvalue weighted by atomic mass is 10.1. The van der Waals surface area contributed by atoms with Gasteiger partial charge >= 0.3 is 0 Å². The summed E-state index contributed by atoms with van der Waals surface area (Å²) >= 11 is 5.87. The number of hydrogen-bond acceptors (Lipinski definition) is 6. The minimum absolute atomic E-state index is 0.220. The summed E-state index contributed by atoms with van der Waals surface area (Å²) in [5, 5.41) is 24.0. The van der Waals surface area contributed by atoms with E-state index < -0.39 is 32.2 Å². The van der Waals surface area contributed by atoms with E-state index in [1.54, 1.807) is 19.2 Å². The summed E-state index contributed by atoms with van der Waals surface area (Å²) in [7, 11) is 1.55. The van der Waals surface area contributed by atoms with Crippen LogP contribution in [0.3, 0.4) is 0 Å². The number of carbonyl (C=O) groups excluding carboxylic acids is 1. The highest BCUT2D eigenvalue weighted by atomic mass is 35.5. The van der Waals surface area contributed by atoms with Gasteiger partial charge < -0.3 is 10.1 Å². The summed E-state index contributed by atoms with van der Waals surface area (Å²) in [5.41, 5.74) is -0.660. The standard InChI is InChI=1S/C16H14ClN3O6/c1-26-12-4-2-10(3-5-12)6-7-18-16(21)13-8-11(19(22)23)9-14(15(13)17)20(24)25/h2-5,8-9H,6-7H2,1H3,(H,18,21). The van der Waals surface area contributed by atoms with Crippen LogP contribution < -0.4 is 10.1 Å². The number of nitrogens with zero attached hydrogens (tertiary/aromatic N) is 2. The summed E-state index contributed by atoms with van der Waals surface area (Å²) in [6.45, 7) is 0.220. The Balaban J connectivity index is 2.12. The first-order valence-electron chi connectivity index (χ1n) is 7.37. The molecular weight excluding hydrogens is 366 g/mol. The molecule has 0 unspecified atom stereocenters. The van der Waals surface area contributed by atoms with Gasteiger partial charge in [0.05, 0.1) is 28.6 Å². The van der Waals surface area contributed by atoms with E-state index in [1.165, 1.54) is 0 Å². The van der Waals surface area contributed by atoms with Gasteiger partial charge in [-0.25, -0.2) is 0 Å². The Bertz CT molecular complexity index is 854. The van der Waals surface area contributed by atoms with Crippen molar-refractivity contribution in [3.63, 3.8) is 0 Å². The molecule has 0 spiro atoms. The molecule has 26 heavy (non-hydrogen) atoms. The summed E-state index contributed by atoms with van der Waals surface area (Å²) in [6, 6.07) is 8.84. The lowest BCUT2D eigenvalue weighted by Crippen LogP contribution is -2.26. The van der Waals surface area contributed by atoms with Crippen LogP contribution in [0.25, 0.3) is 0 Å². The van der Waals surface area contributed by atoms with E-state index in [0.29, 0.717) is 12.2 Å². The van der Waals surface area contributed by atoms with Crippen molar-refractivity contribution in [3.8, 4) is 5.75 Å². The number of benzene rings is 2. The minimum Gasteiger partial charge on any atom is -0.497 e. The molecule has 0 radical (unpaired) electrons. The topological polar surface area (TPSA) is 125 Å². The van der Waals surface area contributed by atoms with Crippen molar-refractivity contribution >= 4 is 28.9 Å². The number of methoxy groups -OCH3 is 1. The molecule has 0 aromatic heterocycles. The van der Waals surface area contributed by atoms with E-state index in [9.17, 15) is 25.0 Å². The van der Waals surface area contributed by atoms with Crippen molar-refractivity contribution in [2.24, 2.45) is 0 Å². The maximum absolute atomic E-state index is 12.2. The van der Waals surface area contributed by atoms with Gasteiger partial charge in [-0.2, -0.15) is 0 Å². The zero-order valence-corrected chi connectivity index (χ0v) is 14.4. The molecule has 0 saturated heterocycles. The number of ether oxygens (including phenoxy) is 1. The van der Waals surface area contributed by atoms with Crippen LogP contribution in [0.2, 0.25) is 5.02 Å². The molecule has 10 heteroatoms. The molecule has 0 fully saturated rings. The number of halogens is 1. The van der Waals surface area contributed by atoms with Gasteiger partial charge in [0, 0.05) is 12.6 Å². The SMILES string of the molecule is COc1ccc(CCNC(=O)c2cc([N+](=O)[O-])cc([N+](=O)[O-])c2Cl)cc1. The Morgan fingerprint density at radius 3 is 2.35 bits per heavy atom. The van der Waals surface area contributed by atoms with E-state index in [4.69, 9.17) is 16.3 Å². The van der Waals surface area contributed by atoms with Crippen LogP contribution in [0.1, 0.15) is 15.9 Å². The largest absolute Gasteiger partial charge is 0.497 e. The number of nitro benzene ring substituents is 2. The van der Waals surface area contributed by atoms with Gasteiger partial charge in [0.1, 0.15) is 10.8 Å². The molecule has 2 aromatic rings. The van der Waals surface area contributed by atoms with Gasteiger partial charge in [-0.15, -0.1) is 0 Å². The maximum atomic E-state index is 12.2. The second-order valence-corrected chi connectivity index (χ2v) is 5.57. The minimum atomic E-state index is -0.872. The monoisotopic (exact) mass is 379 g/mol. The van der Waals surface area contributed by atoms with Crippen LogP contribution in [0.15, 0.2) is 36.4 Å². The second-order valence-electron chi connectivity index (χ2n) is 5.19. The Kier molecular flexibility index (Phi) is 6.07. The van der Waals surface area contributed by atoms with Crippen LogP contribution in [-0.4, -0.2) is 29.4 Å². The molecule has 1 amide bonds. The summed E-state index contributed by atoms with van der Waals surface area (Å²) < 4.78 is 5.05. The van der Waals surface area contributed by atoms with Crippen molar-refractivity contribution in [1.82, 2.24) is 5.32 Å². The Hall–Kier alpha value is -3.20. The third-order valence-electron chi connectivity index (χ3n) is 3.55.